The Labute approximate surface area is 88.2 Å². The quantitative estimate of drug-likeness (QED) is 0.815. The second-order valence-electron chi connectivity index (χ2n) is 2.80. The average Bonchev–Trinajstić information content (AvgIpc) is 2.08. The van der Waals surface area contributed by atoms with Crippen LogP contribution in [0.25, 0.3) is 0 Å². The molecular weight excluding hydrogens is 223 g/mol. The molecule has 0 aliphatic heterocycles. The summed E-state index contributed by atoms with van der Waals surface area (Å²) in [6.45, 7) is 1.90. The van der Waals surface area contributed by atoms with Crippen molar-refractivity contribution in [3.8, 4) is 0 Å². The van der Waals surface area contributed by atoms with E-state index in [9.17, 15) is 9.46 Å². The van der Waals surface area contributed by atoms with Crippen molar-refractivity contribution in [3.63, 3.8) is 0 Å². The Balaban J connectivity index is 2.78. The second-order valence-corrected chi connectivity index (χ2v) is 5.06. The number of halogens is 1. The highest BCUT2D eigenvalue weighted by Crippen LogP contribution is 2.46. The Morgan fingerprint density at radius 3 is 2.71 bits per heavy atom. The summed E-state index contributed by atoms with van der Waals surface area (Å²) in [7, 11) is -3.53. The van der Waals surface area contributed by atoms with Gasteiger partial charge in [0.05, 0.1) is 12.8 Å². The third-order valence-corrected chi connectivity index (χ3v) is 3.43. The number of benzene rings is 1. The van der Waals surface area contributed by atoms with Crippen LogP contribution in [0.5, 0.6) is 0 Å². The van der Waals surface area contributed by atoms with Crippen LogP contribution in [-0.2, 0) is 15.3 Å². The summed E-state index contributed by atoms with van der Waals surface area (Å²) in [5, 5.41) is 0.487. The summed E-state index contributed by atoms with van der Waals surface area (Å²) in [5.41, 5.74) is 0.633. The van der Waals surface area contributed by atoms with Crippen LogP contribution in [0.4, 0.5) is 0 Å². The minimum absolute atomic E-state index is 0.0412. The van der Waals surface area contributed by atoms with E-state index >= 15 is 0 Å². The minimum Gasteiger partial charge on any atom is -0.324 e. The monoisotopic (exact) mass is 234 g/mol. The third kappa shape index (κ3) is 3.43. The van der Waals surface area contributed by atoms with E-state index in [2.05, 4.69) is 0 Å². The molecule has 0 heterocycles. The lowest BCUT2D eigenvalue weighted by molar-refractivity contribution is 0.272. The molecule has 1 N–H and O–H groups in total. The van der Waals surface area contributed by atoms with Gasteiger partial charge in [-0.25, -0.2) is 0 Å². The highest BCUT2D eigenvalue weighted by atomic mass is 35.5. The van der Waals surface area contributed by atoms with Gasteiger partial charge in [0.25, 0.3) is 0 Å². The smallest absolute Gasteiger partial charge is 0.324 e. The Hall–Kier alpha value is -0.340. The van der Waals surface area contributed by atoms with Gasteiger partial charge in [0.1, 0.15) is 0 Å². The van der Waals surface area contributed by atoms with Crippen LogP contribution in [0.1, 0.15) is 12.5 Å². The summed E-state index contributed by atoms with van der Waals surface area (Å²) in [5.74, 6) is 0. The molecule has 0 radical (unpaired) electrons. The number of hydrogen-bond donors (Lipinski definition) is 1. The highest BCUT2D eigenvalue weighted by molar-refractivity contribution is 7.51. The van der Waals surface area contributed by atoms with E-state index in [1.165, 1.54) is 0 Å². The summed E-state index contributed by atoms with van der Waals surface area (Å²) in [6.07, 6.45) is -0.0412. The van der Waals surface area contributed by atoms with E-state index in [-0.39, 0.29) is 12.8 Å². The van der Waals surface area contributed by atoms with E-state index in [0.717, 1.165) is 0 Å². The Bertz CT molecular complexity index is 354. The van der Waals surface area contributed by atoms with Gasteiger partial charge >= 0.3 is 7.60 Å². The molecule has 0 fully saturated rings. The third-order valence-electron chi connectivity index (χ3n) is 1.66. The lowest BCUT2D eigenvalue weighted by Gasteiger charge is -2.11. The van der Waals surface area contributed by atoms with Gasteiger partial charge in [0.15, 0.2) is 0 Å². The zero-order valence-electron chi connectivity index (χ0n) is 7.81. The first kappa shape index (κ1) is 11.7. The fraction of sp³-hybridized carbons (Fsp3) is 0.333. The molecule has 0 aliphatic rings. The van der Waals surface area contributed by atoms with Crippen molar-refractivity contribution in [2.24, 2.45) is 0 Å². The van der Waals surface area contributed by atoms with Crippen molar-refractivity contribution in [1.82, 2.24) is 0 Å². The van der Waals surface area contributed by atoms with Gasteiger partial charge < -0.3 is 9.42 Å². The van der Waals surface area contributed by atoms with Gasteiger partial charge in [-0.2, -0.15) is 0 Å². The molecule has 1 aromatic rings. The van der Waals surface area contributed by atoms with Crippen molar-refractivity contribution in [2.45, 2.75) is 13.1 Å². The zero-order chi connectivity index (χ0) is 10.6. The van der Waals surface area contributed by atoms with Gasteiger partial charge in [-0.15, -0.1) is 0 Å². The van der Waals surface area contributed by atoms with E-state index in [4.69, 9.17) is 16.1 Å². The lowest BCUT2D eigenvalue weighted by atomic mass is 10.2. The molecule has 0 aromatic heterocycles. The molecule has 0 amide bonds. The van der Waals surface area contributed by atoms with Crippen LogP contribution >= 0.6 is 19.2 Å². The maximum atomic E-state index is 11.4. The predicted octanol–water partition coefficient (Wildman–Crippen LogP) is 3.06. The first-order chi connectivity index (χ1) is 6.55. The number of hydrogen-bond acceptors (Lipinski definition) is 2. The van der Waals surface area contributed by atoms with E-state index in [1.807, 2.05) is 0 Å². The first-order valence-corrected chi connectivity index (χ1v) is 6.39. The Morgan fingerprint density at radius 1 is 1.50 bits per heavy atom. The fourth-order valence-electron chi connectivity index (χ4n) is 1.09. The molecule has 78 valence electrons. The molecule has 3 nitrogen and oxygen atoms in total. The van der Waals surface area contributed by atoms with Crippen LogP contribution in [0.15, 0.2) is 24.3 Å². The Kier molecular flexibility index (Phi) is 4.14. The molecule has 1 rings (SSSR count). The topological polar surface area (TPSA) is 46.5 Å². The maximum absolute atomic E-state index is 11.4. The average molecular weight is 235 g/mol. The van der Waals surface area contributed by atoms with Crippen molar-refractivity contribution in [1.29, 1.82) is 0 Å². The summed E-state index contributed by atoms with van der Waals surface area (Å²) in [4.78, 5) is 9.37. The summed E-state index contributed by atoms with van der Waals surface area (Å²) in [6, 6.07) is 6.94. The molecule has 5 heteroatoms. The zero-order valence-corrected chi connectivity index (χ0v) is 9.46. The number of rotatable bonds is 4. The van der Waals surface area contributed by atoms with Gasteiger partial charge in [0, 0.05) is 5.02 Å². The largest absolute Gasteiger partial charge is 0.332 e. The summed E-state index contributed by atoms with van der Waals surface area (Å²) < 4.78 is 16.2. The van der Waals surface area contributed by atoms with Crippen molar-refractivity contribution >= 4 is 19.2 Å². The van der Waals surface area contributed by atoms with Gasteiger partial charge in [-0.3, -0.25) is 4.57 Å². The SMILES string of the molecule is CCOP(=O)(O)Cc1ccccc1Cl. The minimum atomic E-state index is -3.53. The molecule has 0 aliphatic carbocycles. The molecule has 1 unspecified atom stereocenters. The van der Waals surface area contributed by atoms with Crippen LogP contribution < -0.4 is 0 Å². The lowest BCUT2D eigenvalue weighted by Crippen LogP contribution is -1.93. The molecule has 14 heavy (non-hydrogen) atoms. The summed E-state index contributed by atoms with van der Waals surface area (Å²) >= 11 is 5.84. The van der Waals surface area contributed by atoms with Crippen LogP contribution in [0.2, 0.25) is 5.02 Å². The molecule has 0 spiro atoms. The molecule has 0 bridgehead atoms. The van der Waals surface area contributed by atoms with Gasteiger partial charge in [-0.1, -0.05) is 29.8 Å². The normalized spacial score (nSPS) is 15.1. The van der Waals surface area contributed by atoms with Gasteiger partial charge in [-0.05, 0) is 18.6 Å². The van der Waals surface area contributed by atoms with Crippen molar-refractivity contribution in [3.05, 3.63) is 34.9 Å². The molecule has 0 saturated carbocycles. The standard InChI is InChI=1S/C9H12ClO3P/c1-2-13-14(11,12)7-8-5-3-4-6-9(8)10/h3-6H,2,7H2,1H3,(H,11,12). The highest BCUT2D eigenvalue weighted by Gasteiger charge is 2.20. The van der Waals surface area contributed by atoms with Crippen molar-refractivity contribution < 1.29 is 14.0 Å². The molecular formula is C9H12ClO3P. The van der Waals surface area contributed by atoms with Gasteiger partial charge in [0.2, 0.25) is 0 Å². The van der Waals surface area contributed by atoms with Crippen LogP contribution in [0.3, 0.4) is 0 Å². The Morgan fingerprint density at radius 2 is 2.14 bits per heavy atom. The van der Waals surface area contributed by atoms with E-state index in [1.54, 1.807) is 31.2 Å². The van der Waals surface area contributed by atoms with Crippen molar-refractivity contribution in [2.75, 3.05) is 6.61 Å². The molecule has 0 saturated heterocycles. The van der Waals surface area contributed by atoms with E-state index < -0.39 is 7.60 Å². The first-order valence-electron chi connectivity index (χ1n) is 4.25. The van der Waals surface area contributed by atoms with E-state index in [0.29, 0.717) is 10.6 Å². The maximum Gasteiger partial charge on any atom is 0.332 e. The second kappa shape index (κ2) is 4.94. The fourth-order valence-corrected chi connectivity index (χ4v) is 2.59. The van der Waals surface area contributed by atoms with Crippen LogP contribution in [0, 0.1) is 0 Å². The van der Waals surface area contributed by atoms with Crippen LogP contribution in [-0.4, -0.2) is 11.5 Å². The molecule has 1 atom stereocenters. The predicted molar refractivity (Wildman–Crippen MR) is 56.6 cm³/mol. The molecule has 1 aromatic carbocycles.